The minimum absolute atomic E-state index is 0.187. The number of nitrogens with one attached hydrogen (secondary N) is 1. The molecule has 4 rings (SSSR count). The molecule has 2 N–H and O–H groups in total. The smallest absolute Gasteiger partial charge is 0.229 e. The van der Waals surface area contributed by atoms with Crippen molar-refractivity contribution >= 4 is 40.1 Å². The van der Waals surface area contributed by atoms with Gasteiger partial charge in [0.05, 0.1) is 18.2 Å². The molecule has 1 aromatic carbocycles. The number of hydrogen-bond acceptors (Lipinski definition) is 7. The van der Waals surface area contributed by atoms with Crippen LogP contribution < -0.4 is 10.2 Å². The van der Waals surface area contributed by atoms with Gasteiger partial charge >= 0.3 is 0 Å². The number of aliphatic hydroxyl groups is 1. The van der Waals surface area contributed by atoms with Crippen LogP contribution in [-0.2, 0) is 7.05 Å². The Kier molecular flexibility index (Phi) is 5.11. The van der Waals surface area contributed by atoms with Crippen LogP contribution in [0, 0.1) is 0 Å². The maximum Gasteiger partial charge on any atom is 0.229 e. The minimum Gasteiger partial charge on any atom is -0.395 e. The molecule has 3 aromatic rings. The number of halogens is 1. The van der Waals surface area contributed by atoms with Gasteiger partial charge in [-0.3, -0.25) is 9.58 Å². The number of fused-ring (bicyclic) bond motifs is 1. The second-order valence-corrected chi connectivity index (χ2v) is 7.00. The van der Waals surface area contributed by atoms with E-state index < -0.39 is 0 Å². The van der Waals surface area contributed by atoms with Gasteiger partial charge in [-0.1, -0.05) is 11.6 Å². The molecule has 1 aliphatic rings. The molecule has 3 heterocycles. The third kappa shape index (κ3) is 3.83. The minimum atomic E-state index is 0.187. The molecule has 142 valence electrons. The van der Waals surface area contributed by atoms with Crippen LogP contribution in [0.25, 0.3) is 11.0 Å². The third-order valence-electron chi connectivity index (χ3n) is 4.76. The second kappa shape index (κ2) is 7.67. The predicted octanol–water partition coefficient (Wildman–Crippen LogP) is 1.87. The van der Waals surface area contributed by atoms with Crippen molar-refractivity contribution in [1.82, 2.24) is 24.6 Å². The van der Waals surface area contributed by atoms with E-state index in [2.05, 4.69) is 20.2 Å². The van der Waals surface area contributed by atoms with Gasteiger partial charge in [-0.25, -0.2) is 0 Å². The van der Waals surface area contributed by atoms with Gasteiger partial charge in [0.15, 0.2) is 5.65 Å². The number of anilines is 3. The van der Waals surface area contributed by atoms with E-state index in [1.54, 1.807) is 10.9 Å². The summed E-state index contributed by atoms with van der Waals surface area (Å²) in [5.74, 6) is 1.41. The Labute approximate surface area is 162 Å². The van der Waals surface area contributed by atoms with Crippen molar-refractivity contribution < 1.29 is 5.11 Å². The first-order chi connectivity index (χ1) is 13.1. The molecule has 0 atom stereocenters. The highest BCUT2D eigenvalue weighted by Crippen LogP contribution is 2.27. The summed E-state index contributed by atoms with van der Waals surface area (Å²) in [4.78, 5) is 13.9. The van der Waals surface area contributed by atoms with Gasteiger partial charge in [0.2, 0.25) is 5.95 Å². The van der Waals surface area contributed by atoms with Crippen LogP contribution in [0.5, 0.6) is 0 Å². The number of piperazine rings is 1. The van der Waals surface area contributed by atoms with Gasteiger partial charge in [0.1, 0.15) is 5.82 Å². The number of aryl methyl sites for hydroxylation is 1. The lowest BCUT2D eigenvalue weighted by molar-refractivity contribution is 0.188. The molecule has 0 bridgehead atoms. The van der Waals surface area contributed by atoms with Crippen molar-refractivity contribution in [3.05, 3.63) is 35.5 Å². The first-order valence-electron chi connectivity index (χ1n) is 8.94. The number of hydrogen-bond donors (Lipinski definition) is 2. The number of benzene rings is 1. The van der Waals surface area contributed by atoms with Crippen LogP contribution in [0.4, 0.5) is 17.5 Å². The van der Waals surface area contributed by atoms with E-state index in [4.69, 9.17) is 26.7 Å². The highest BCUT2D eigenvalue weighted by molar-refractivity contribution is 6.30. The number of aromatic nitrogens is 4. The summed E-state index contributed by atoms with van der Waals surface area (Å²) < 4.78 is 1.76. The van der Waals surface area contributed by atoms with Gasteiger partial charge < -0.3 is 15.3 Å². The zero-order valence-corrected chi connectivity index (χ0v) is 15.9. The molecule has 1 fully saturated rings. The van der Waals surface area contributed by atoms with E-state index in [1.807, 2.05) is 31.3 Å². The molecule has 0 spiro atoms. The topological polar surface area (TPSA) is 82.3 Å². The third-order valence-corrected chi connectivity index (χ3v) is 5.01. The van der Waals surface area contributed by atoms with E-state index in [0.29, 0.717) is 17.5 Å². The summed E-state index contributed by atoms with van der Waals surface area (Å²) in [7, 11) is 1.88. The summed E-state index contributed by atoms with van der Waals surface area (Å²) in [6.45, 7) is 4.31. The van der Waals surface area contributed by atoms with Gasteiger partial charge in [-0.05, 0) is 24.3 Å². The van der Waals surface area contributed by atoms with Crippen LogP contribution in [0.1, 0.15) is 0 Å². The molecule has 1 saturated heterocycles. The van der Waals surface area contributed by atoms with Gasteiger partial charge in [-0.2, -0.15) is 15.1 Å². The van der Waals surface area contributed by atoms with Crippen LogP contribution in [-0.4, -0.2) is 69.1 Å². The molecule has 2 aromatic heterocycles. The van der Waals surface area contributed by atoms with Crippen LogP contribution in [0.2, 0.25) is 5.02 Å². The molecule has 9 heteroatoms. The zero-order valence-electron chi connectivity index (χ0n) is 15.1. The first-order valence-corrected chi connectivity index (χ1v) is 9.32. The van der Waals surface area contributed by atoms with E-state index in [9.17, 15) is 0 Å². The van der Waals surface area contributed by atoms with E-state index in [0.717, 1.165) is 48.7 Å². The highest BCUT2D eigenvalue weighted by atomic mass is 35.5. The van der Waals surface area contributed by atoms with E-state index in [1.165, 1.54) is 0 Å². The van der Waals surface area contributed by atoms with Crippen molar-refractivity contribution in [3.63, 3.8) is 0 Å². The van der Waals surface area contributed by atoms with Crippen molar-refractivity contribution in [1.29, 1.82) is 0 Å². The van der Waals surface area contributed by atoms with Crippen LogP contribution >= 0.6 is 11.6 Å². The average molecular weight is 388 g/mol. The van der Waals surface area contributed by atoms with Crippen LogP contribution in [0.3, 0.4) is 0 Å². The Balaban J connectivity index is 1.64. The van der Waals surface area contributed by atoms with Crippen molar-refractivity contribution in [2.24, 2.45) is 7.05 Å². The first kappa shape index (κ1) is 18.0. The summed E-state index contributed by atoms with van der Waals surface area (Å²) in [6, 6.07) is 7.51. The number of β-amino-alcohol motifs (C(OH)–C–C–N with tert-alkyl or cyclic N) is 1. The molecule has 0 saturated carbocycles. The molecule has 0 radical (unpaired) electrons. The molecular weight excluding hydrogens is 366 g/mol. The fourth-order valence-corrected chi connectivity index (χ4v) is 3.36. The van der Waals surface area contributed by atoms with Gasteiger partial charge in [-0.15, -0.1) is 0 Å². The van der Waals surface area contributed by atoms with E-state index >= 15 is 0 Å². The Morgan fingerprint density at radius 3 is 2.56 bits per heavy atom. The maximum absolute atomic E-state index is 9.11. The molecule has 0 aliphatic carbocycles. The lowest BCUT2D eigenvalue weighted by atomic mass is 10.3. The van der Waals surface area contributed by atoms with E-state index in [-0.39, 0.29) is 6.61 Å². The summed E-state index contributed by atoms with van der Waals surface area (Å²) >= 11 is 5.98. The predicted molar refractivity (Wildman–Crippen MR) is 107 cm³/mol. The van der Waals surface area contributed by atoms with Gasteiger partial charge in [0, 0.05) is 50.5 Å². The molecule has 0 unspecified atom stereocenters. The summed E-state index contributed by atoms with van der Waals surface area (Å²) in [5, 5.41) is 18.4. The molecular formula is C18H22ClN7O. The molecule has 1 aliphatic heterocycles. The Morgan fingerprint density at radius 1 is 1.11 bits per heavy atom. The second-order valence-electron chi connectivity index (χ2n) is 6.56. The molecule has 0 amide bonds. The van der Waals surface area contributed by atoms with Gasteiger partial charge in [0.25, 0.3) is 0 Å². The molecule has 27 heavy (non-hydrogen) atoms. The summed E-state index contributed by atoms with van der Waals surface area (Å²) in [6.07, 6.45) is 1.77. The quantitative estimate of drug-likeness (QED) is 0.691. The standard InChI is InChI=1S/C18H22ClN7O/c1-24-17-15(12-20-24)16(21-14-4-2-13(19)3-5-14)22-18(23-17)26-8-6-25(7-9-26)10-11-27/h2-5,12,27H,6-11H2,1H3,(H,21,22,23). The fourth-order valence-electron chi connectivity index (χ4n) is 3.23. The lowest BCUT2D eigenvalue weighted by Gasteiger charge is -2.34. The Hall–Kier alpha value is -2.42. The maximum atomic E-state index is 9.11. The zero-order chi connectivity index (χ0) is 18.8. The van der Waals surface area contributed by atoms with Crippen molar-refractivity contribution in [3.8, 4) is 0 Å². The van der Waals surface area contributed by atoms with Crippen molar-refractivity contribution in [2.75, 3.05) is 49.5 Å². The normalized spacial score (nSPS) is 15.4. The average Bonchev–Trinajstić information content (AvgIpc) is 3.06. The number of aliphatic hydroxyl groups excluding tert-OH is 1. The lowest BCUT2D eigenvalue weighted by Crippen LogP contribution is -2.47. The van der Waals surface area contributed by atoms with Crippen LogP contribution in [0.15, 0.2) is 30.5 Å². The van der Waals surface area contributed by atoms with Crippen molar-refractivity contribution in [2.45, 2.75) is 0 Å². The SMILES string of the molecule is Cn1ncc2c(Nc3ccc(Cl)cc3)nc(N3CCN(CCO)CC3)nc21. The summed E-state index contributed by atoms with van der Waals surface area (Å²) in [5.41, 5.74) is 1.69. The largest absolute Gasteiger partial charge is 0.395 e. The number of nitrogens with zero attached hydrogens (tertiary/aromatic N) is 6. The fraction of sp³-hybridized carbons (Fsp3) is 0.389. The monoisotopic (exact) mass is 387 g/mol. The Morgan fingerprint density at radius 2 is 1.85 bits per heavy atom. The molecule has 8 nitrogen and oxygen atoms in total. The number of rotatable bonds is 5. The Bertz CT molecular complexity index is 919. The highest BCUT2D eigenvalue weighted by Gasteiger charge is 2.21.